The van der Waals surface area contributed by atoms with Crippen LogP contribution in [0.25, 0.3) is 0 Å². The highest BCUT2D eigenvalue weighted by Crippen LogP contribution is 2.34. The maximum atomic E-state index is 12.4. The van der Waals surface area contributed by atoms with Gasteiger partial charge in [0.2, 0.25) is 0 Å². The van der Waals surface area contributed by atoms with Crippen LogP contribution in [0, 0.1) is 0 Å². The Bertz CT molecular complexity index is 1120. The summed E-state index contributed by atoms with van der Waals surface area (Å²) in [6, 6.07) is 18.7. The fraction of sp³-hybridized carbons (Fsp3) is 0.200. The first-order valence-electron chi connectivity index (χ1n) is 10.5. The van der Waals surface area contributed by atoms with Crippen LogP contribution < -0.4 is 15.1 Å². The number of nitrogens with one attached hydrogen (secondary N) is 1. The zero-order valence-corrected chi connectivity index (χ0v) is 20.8. The minimum atomic E-state index is -0.286. The first-order valence-corrected chi connectivity index (χ1v) is 12.1. The third-order valence-corrected chi connectivity index (χ3v) is 6.39. The van der Waals surface area contributed by atoms with Crippen molar-refractivity contribution in [2.75, 3.05) is 18.0 Å². The zero-order chi connectivity index (χ0) is 23.2. The van der Waals surface area contributed by atoms with Gasteiger partial charge in [-0.05, 0) is 72.5 Å². The zero-order valence-electron chi connectivity index (χ0n) is 17.7. The van der Waals surface area contributed by atoms with Gasteiger partial charge in [0.15, 0.2) is 5.75 Å². The molecule has 0 spiro atoms. The van der Waals surface area contributed by atoms with Gasteiger partial charge in [0.25, 0.3) is 5.91 Å². The lowest BCUT2D eigenvalue weighted by molar-refractivity contribution is 0.0955. The van der Waals surface area contributed by atoms with Gasteiger partial charge in [0, 0.05) is 28.8 Å². The van der Waals surface area contributed by atoms with E-state index in [4.69, 9.17) is 27.9 Å². The number of hydrogen-bond donors (Lipinski definition) is 1. The maximum Gasteiger partial charge on any atom is 0.271 e. The van der Waals surface area contributed by atoms with Gasteiger partial charge in [0.05, 0.1) is 16.3 Å². The molecule has 0 aliphatic carbocycles. The van der Waals surface area contributed by atoms with E-state index in [9.17, 15) is 4.79 Å². The minimum absolute atomic E-state index is 0.286. The number of nitrogens with zero attached hydrogens (tertiary/aromatic N) is 2. The lowest BCUT2D eigenvalue weighted by atomic mass is 10.2. The van der Waals surface area contributed by atoms with E-state index in [1.165, 1.54) is 19.1 Å². The normalized spacial score (nSPS) is 13.5. The van der Waals surface area contributed by atoms with Crippen LogP contribution in [0.1, 0.15) is 34.3 Å². The Morgan fingerprint density at radius 1 is 1.03 bits per heavy atom. The van der Waals surface area contributed by atoms with Crippen molar-refractivity contribution in [3.8, 4) is 5.75 Å². The van der Waals surface area contributed by atoms with Crippen LogP contribution >= 0.6 is 39.1 Å². The summed E-state index contributed by atoms with van der Waals surface area (Å²) in [5.74, 6) is 0.117. The molecule has 0 atom stereocenters. The summed E-state index contributed by atoms with van der Waals surface area (Å²) in [7, 11) is 0. The number of carbonyl (C=O) groups excluding carboxylic acids is 1. The Labute approximate surface area is 211 Å². The second kappa shape index (κ2) is 11.1. The lowest BCUT2D eigenvalue weighted by Gasteiger charge is -2.17. The summed E-state index contributed by atoms with van der Waals surface area (Å²) in [5, 5.41) is 4.77. The molecule has 0 unspecified atom stereocenters. The smallest absolute Gasteiger partial charge is 0.271 e. The number of amides is 1. The summed E-state index contributed by atoms with van der Waals surface area (Å²) < 4.78 is 6.80. The molecule has 0 radical (unpaired) electrons. The molecular weight excluding hydrogens is 525 g/mol. The van der Waals surface area contributed by atoms with Crippen molar-refractivity contribution in [1.82, 2.24) is 5.43 Å². The van der Waals surface area contributed by atoms with E-state index in [0.29, 0.717) is 33.5 Å². The molecule has 0 aromatic heterocycles. The molecule has 1 aliphatic heterocycles. The molecule has 8 heteroatoms. The second-order valence-electron chi connectivity index (χ2n) is 7.67. The van der Waals surface area contributed by atoms with Crippen LogP contribution in [0.2, 0.25) is 10.0 Å². The molecule has 1 amide bonds. The summed E-state index contributed by atoms with van der Waals surface area (Å²) >= 11 is 16.1. The number of benzene rings is 3. The maximum absolute atomic E-state index is 12.4. The summed E-state index contributed by atoms with van der Waals surface area (Å²) in [6.45, 7) is 2.47. The number of rotatable bonds is 7. The molecule has 1 heterocycles. The minimum Gasteiger partial charge on any atom is -0.486 e. The first kappa shape index (κ1) is 23.6. The molecule has 3 aromatic carbocycles. The molecule has 33 heavy (non-hydrogen) atoms. The van der Waals surface area contributed by atoms with E-state index in [0.717, 1.165) is 28.8 Å². The van der Waals surface area contributed by atoms with Crippen molar-refractivity contribution in [1.29, 1.82) is 0 Å². The SMILES string of the molecule is O=C(N/N=C\c1cc(Cl)c(OCc2ccc(Br)cc2)c(Cl)c1)c1ccc(N2CCCC2)cc1. The van der Waals surface area contributed by atoms with E-state index >= 15 is 0 Å². The Kier molecular flexibility index (Phi) is 7.91. The van der Waals surface area contributed by atoms with Crippen molar-refractivity contribution in [3.05, 3.63) is 91.9 Å². The van der Waals surface area contributed by atoms with E-state index in [1.807, 2.05) is 48.5 Å². The number of ether oxygens (including phenoxy) is 1. The molecule has 5 nitrogen and oxygen atoms in total. The number of hydrazone groups is 1. The van der Waals surface area contributed by atoms with Gasteiger partial charge in [-0.15, -0.1) is 0 Å². The largest absolute Gasteiger partial charge is 0.486 e. The Morgan fingerprint density at radius 2 is 1.67 bits per heavy atom. The highest BCUT2D eigenvalue weighted by molar-refractivity contribution is 9.10. The van der Waals surface area contributed by atoms with Gasteiger partial charge in [-0.2, -0.15) is 5.10 Å². The summed E-state index contributed by atoms with van der Waals surface area (Å²) in [4.78, 5) is 14.7. The Morgan fingerprint density at radius 3 is 2.30 bits per heavy atom. The molecule has 1 N–H and O–H groups in total. The standard InChI is InChI=1S/C25H22BrCl2N3O2/c26-20-7-3-17(4-8-20)16-33-24-22(27)13-18(14-23(24)28)15-29-30-25(32)19-5-9-21(10-6-19)31-11-1-2-12-31/h3-10,13-15H,1-2,11-12,16H2,(H,30,32)/b29-15-. The van der Waals surface area contributed by atoms with E-state index in [-0.39, 0.29) is 5.91 Å². The monoisotopic (exact) mass is 545 g/mol. The molecule has 4 rings (SSSR count). The van der Waals surface area contributed by atoms with E-state index in [2.05, 4.69) is 31.4 Å². The van der Waals surface area contributed by atoms with Crippen molar-refractivity contribution >= 4 is 56.9 Å². The van der Waals surface area contributed by atoms with Crippen LogP contribution in [-0.4, -0.2) is 25.2 Å². The predicted molar refractivity (Wildman–Crippen MR) is 138 cm³/mol. The van der Waals surface area contributed by atoms with Gasteiger partial charge in [-0.3, -0.25) is 4.79 Å². The molecule has 170 valence electrons. The Hall–Kier alpha value is -2.54. The van der Waals surface area contributed by atoms with E-state index < -0.39 is 0 Å². The molecule has 1 saturated heterocycles. The first-order chi connectivity index (χ1) is 16.0. The topological polar surface area (TPSA) is 53.9 Å². The van der Waals surface area contributed by atoms with Crippen LogP contribution in [0.3, 0.4) is 0 Å². The average Bonchev–Trinajstić information content (AvgIpc) is 3.35. The molecule has 0 saturated carbocycles. The molecule has 0 bridgehead atoms. The summed E-state index contributed by atoms with van der Waals surface area (Å²) in [5.41, 5.74) is 5.86. The van der Waals surface area contributed by atoms with Crippen molar-refractivity contribution in [2.45, 2.75) is 19.4 Å². The lowest BCUT2D eigenvalue weighted by Crippen LogP contribution is -2.19. The van der Waals surface area contributed by atoms with Crippen molar-refractivity contribution < 1.29 is 9.53 Å². The molecule has 1 aliphatic rings. The highest BCUT2D eigenvalue weighted by Gasteiger charge is 2.13. The number of halogens is 3. The number of anilines is 1. The van der Waals surface area contributed by atoms with Gasteiger partial charge in [-0.1, -0.05) is 51.3 Å². The van der Waals surface area contributed by atoms with Gasteiger partial charge in [-0.25, -0.2) is 5.43 Å². The van der Waals surface area contributed by atoms with Gasteiger partial charge in [0.1, 0.15) is 6.61 Å². The number of carbonyl (C=O) groups is 1. The summed E-state index contributed by atoms with van der Waals surface area (Å²) in [6.07, 6.45) is 3.92. The van der Waals surface area contributed by atoms with E-state index in [1.54, 1.807) is 12.1 Å². The third-order valence-electron chi connectivity index (χ3n) is 5.30. The number of hydrogen-bond acceptors (Lipinski definition) is 4. The fourth-order valence-corrected chi connectivity index (χ4v) is 4.43. The van der Waals surface area contributed by atoms with Crippen molar-refractivity contribution in [2.24, 2.45) is 5.10 Å². The third kappa shape index (κ3) is 6.28. The van der Waals surface area contributed by atoms with Crippen LogP contribution in [0.5, 0.6) is 5.75 Å². The van der Waals surface area contributed by atoms with Crippen LogP contribution in [-0.2, 0) is 6.61 Å². The fourth-order valence-electron chi connectivity index (χ4n) is 3.56. The van der Waals surface area contributed by atoms with Crippen LogP contribution in [0.15, 0.2) is 70.2 Å². The Balaban J connectivity index is 1.34. The molecular formula is C25H22BrCl2N3O2. The second-order valence-corrected chi connectivity index (χ2v) is 9.40. The quantitative estimate of drug-likeness (QED) is 0.265. The molecule has 3 aromatic rings. The molecule has 1 fully saturated rings. The van der Waals surface area contributed by atoms with Gasteiger partial charge < -0.3 is 9.64 Å². The predicted octanol–water partition coefficient (Wildman–Crippen LogP) is 6.70. The van der Waals surface area contributed by atoms with Gasteiger partial charge >= 0.3 is 0 Å². The van der Waals surface area contributed by atoms with Crippen molar-refractivity contribution in [3.63, 3.8) is 0 Å². The average molecular weight is 547 g/mol. The highest BCUT2D eigenvalue weighted by atomic mass is 79.9. The van der Waals surface area contributed by atoms with Crippen LogP contribution in [0.4, 0.5) is 5.69 Å².